The number of benzene rings is 1. The van der Waals surface area contributed by atoms with Gasteiger partial charge in [-0.25, -0.2) is 0 Å². The molecular formula is C10H14O3S2. The Hall–Kier alpha value is -0.490. The molecule has 1 rings (SSSR count). The first-order valence-corrected chi connectivity index (χ1v) is 7.07. The second kappa shape index (κ2) is 5.55. The van der Waals surface area contributed by atoms with E-state index in [1.807, 2.05) is 24.3 Å². The first kappa shape index (κ1) is 12.6. The predicted molar refractivity (Wildman–Crippen MR) is 63.4 cm³/mol. The smallest absolute Gasteiger partial charge is 0.266 e. The van der Waals surface area contributed by atoms with Gasteiger partial charge in [0.2, 0.25) is 0 Å². The largest absolute Gasteiger partial charge is 0.285 e. The number of hydrogen-bond donors (Lipinski definition) is 1. The highest BCUT2D eigenvalue weighted by Gasteiger charge is 2.01. The van der Waals surface area contributed by atoms with Crippen molar-refractivity contribution in [3.8, 4) is 0 Å². The van der Waals surface area contributed by atoms with Crippen LogP contribution in [0.4, 0.5) is 0 Å². The van der Waals surface area contributed by atoms with Crippen molar-refractivity contribution in [2.24, 2.45) is 0 Å². The summed E-state index contributed by atoms with van der Waals surface area (Å²) in [5, 5.41) is 0. The molecule has 0 radical (unpaired) electrons. The summed E-state index contributed by atoms with van der Waals surface area (Å²) >= 11 is 4.21. The number of rotatable bonds is 5. The molecule has 1 aromatic carbocycles. The van der Waals surface area contributed by atoms with Crippen molar-refractivity contribution >= 4 is 20.2 Å². The van der Waals surface area contributed by atoms with E-state index in [1.165, 1.54) is 5.56 Å². The fraction of sp³-hybridized carbons (Fsp3) is 0.400. The van der Waals surface area contributed by atoms with Crippen molar-refractivity contribution < 1.29 is 12.9 Å². The summed E-state index contributed by atoms with van der Waals surface area (Å²) in [6, 6.07) is 7.74. The van der Waals surface area contributed by atoms with Crippen LogP contribution in [-0.4, -0.2) is 8.76 Å². The molecule has 0 bridgehead atoms. The molecule has 0 amide bonds. The number of aryl methyl sites for hydroxylation is 1. The fourth-order valence-electron chi connectivity index (χ4n) is 1.23. The Morgan fingerprint density at radius 3 is 2.33 bits per heavy atom. The van der Waals surface area contributed by atoms with Crippen LogP contribution in [0.15, 0.2) is 24.3 Å². The predicted octanol–water partition coefficient (Wildman–Crippen LogP) is 2.29. The summed E-state index contributed by atoms with van der Waals surface area (Å²) in [7, 11) is -3.51. The van der Waals surface area contributed by atoms with Gasteiger partial charge in [-0.05, 0) is 17.5 Å². The lowest BCUT2D eigenvalue weighted by Crippen LogP contribution is -2.01. The van der Waals surface area contributed by atoms with Crippen LogP contribution in [0.3, 0.4) is 0 Å². The van der Waals surface area contributed by atoms with Crippen LogP contribution >= 0.6 is 0 Å². The molecule has 0 aliphatic rings. The van der Waals surface area contributed by atoms with Gasteiger partial charge in [-0.3, -0.25) is 8.74 Å². The van der Waals surface area contributed by atoms with Gasteiger partial charge in [-0.15, -0.1) is 0 Å². The van der Waals surface area contributed by atoms with E-state index in [9.17, 15) is 4.21 Å². The van der Waals surface area contributed by atoms with Gasteiger partial charge in [-0.1, -0.05) is 37.6 Å². The molecule has 1 unspecified atom stereocenters. The monoisotopic (exact) mass is 246 g/mol. The van der Waals surface area contributed by atoms with Crippen LogP contribution in [0.25, 0.3) is 0 Å². The molecule has 15 heavy (non-hydrogen) atoms. The molecular weight excluding hydrogens is 232 g/mol. The molecule has 0 heterocycles. The van der Waals surface area contributed by atoms with Crippen molar-refractivity contribution in [1.82, 2.24) is 0 Å². The Morgan fingerprint density at radius 2 is 1.87 bits per heavy atom. The van der Waals surface area contributed by atoms with Crippen molar-refractivity contribution in [3.63, 3.8) is 0 Å². The van der Waals surface area contributed by atoms with Crippen LogP contribution in [0.1, 0.15) is 24.5 Å². The average molecular weight is 246 g/mol. The standard InChI is InChI=1S/C10H14O3S2/c1-2-3-9-4-6-10(7-5-9)8-13-15(11,12)14/h4-7H,2-3,8H2,1H3,(H,11,12,14). The molecule has 0 aliphatic heterocycles. The summed E-state index contributed by atoms with van der Waals surface area (Å²) in [6.45, 7) is 2.19. The molecule has 1 N–H and O–H groups in total. The zero-order valence-corrected chi connectivity index (χ0v) is 10.1. The van der Waals surface area contributed by atoms with Crippen LogP contribution in [0.2, 0.25) is 0 Å². The van der Waals surface area contributed by atoms with Crippen LogP contribution < -0.4 is 0 Å². The summed E-state index contributed by atoms with van der Waals surface area (Å²) in [5.41, 5.74) is 2.10. The zero-order chi connectivity index (χ0) is 11.3. The van der Waals surface area contributed by atoms with E-state index in [4.69, 9.17) is 4.55 Å². The van der Waals surface area contributed by atoms with Gasteiger partial charge in [0.05, 0.1) is 6.61 Å². The summed E-state index contributed by atoms with van der Waals surface area (Å²) in [6.07, 6.45) is 2.14. The van der Waals surface area contributed by atoms with Crippen LogP contribution in [0.5, 0.6) is 0 Å². The maximum atomic E-state index is 10.7. The average Bonchev–Trinajstić information content (AvgIpc) is 2.16. The Bertz CT molecular complexity index is 395. The molecule has 1 aromatic rings. The third-order valence-corrected chi connectivity index (χ3v) is 2.64. The van der Waals surface area contributed by atoms with Gasteiger partial charge in [0.15, 0.2) is 0 Å². The highest BCUT2D eigenvalue weighted by atomic mass is 32.9. The first-order chi connectivity index (χ1) is 7.01. The molecule has 0 saturated heterocycles. The van der Waals surface area contributed by atoms with E-state index in [0.717, 1.165) is 18.4 Å². The topological polar surface area (TPSA) is 46.5 Å². The summed E-state index contributed by atoms with van der Waals surface area (Å²) < 4.78 is 24.0. The van der Waals surface area contributed by atoms with E-state index in [-0.39, 0.29) is 6.61 Å². The lowest BCUT2D eigenvalue weighted by atomic mass is 10.1. The van der Waals surface area contributed by atoms with Gasteiger partial charge in [0.25, 0.3) is 9.05 Å². The Kier molecular flexibility index (Phi) is 4.66. The van der Waals surface area contributed by atoms with E-state index in [1.54, 1.807) is 0 Å². The molecule has 0 fully saturated rings. The van der Waals surface area contributed by atoms with Crippen molar-refractivity contribution in [2.45, 2.75) is 26.4 Å². The molecule has 3 nitrogen and oxygen atoms in total. The van der Waals surface area contributed by atoms with Crippen molar-refractivity contribution in [2.75, 3.05) is 0 Å². The number of hydrogen-bond acceptors (Lipinski definition) is 3. The third kappa shape index (κ3) is 5.22. The maximum Gasteiger partial charge on any atom is 0.266 e. The van der Waals surface area contributed by atoms with Crippen LogP contribution in [0, 0.1) is 0 Å². The first-order valence-electron chi connectivity index (χ1n) is 4.71. The zero-order valence-electron chi connectivity index (χ0n) is 8.51. The normalized spacial score (nSPS) is 14.8. The van der Waals surface area contributed by atoms with Gasteiger partial charge in [-0.2, -0.15) is 4.21 Å². The summed E-state index contributed by atoms with van der Waals surface area (Å²) in [4.78, 5) is 0. The Balaban J connectivity index is 2.57. The minimum absolute atomic E-state index is 0.0746. The lowest BCUT2D eigenvalue weighted by molar-refractivity contribution is 0.294. The minimum Gasteiger partial charge on any atom is -0.285 e. The van der Waals surface area contributed by atoms with Crippen LogP contribution in [-0.2, 0) is 37.5 Å². The highest BCUT2D eigenvalue weighted by Crippen LogP contribution is 2.08. The van der Waals surface area contributed by atoms with E-state index < -0.39 is 9.05 Å². The van der Waals surface area contributed by atoms with Gasteiger partial charge in [0, 0.05) is 11.2 Å². The second-order valence-electron chi connectivity index (χ2n) is 3.26. The second-order valence-corrected chi connectivity index (χ2v) is 5.61. The quantitative estimate of drug-likeness (QED) is 0.866. The van der Waals surface area contributed by atoms with E-state index in [0.29, 0.717) is 0 Å². The van der Waals surface area contributed by atoms with Gasteiger partial charge in [0.1, 0.15) is 0 Å². The minimum atomic E-state index is -3.51. The Morgan fingerprint density at radius 1 is 1.33 bits per heavy atom. The molecule has 0 aliphatic carbocycles. The van der Waals surface area contributed by atoms with Crippen molar-refractivity contribution in [1.29, 1.82) is 0 Å². The molecule has 84 valence electrons. The molecule has 0 saturated carbocycles. The van der Waals surface area contributed by atoms with Crippen molar-refractivity contribution in [3.05, 3.63) is 35.4 Å². The lowest BCUT2D eigenvalue weighted by Gasteiger charge is -2.03. The molecule has 5 heteroatoms. The van der Waals surface area contributed by atoms with Gasteiger partial charge >= 0.3 is 0 Å². The molecule has 1 atom stereocenters. The third-order valence-electron chi connectivity index (χ3n) is 1.94. The summed E-state index contributed by atoms with van der Waals surface area (Å²) in [5.74, 6) is 0. The molecule has 0 aromatic heterocycles. The van der Waals surface area contributed by atoms with E-state index in [2.05, 4.69) is 22.3 Å². The SMILES string of the molecule is CCCc1ccc(COS(=O)(O)=S)cc1. The Labute approximate surface area is 95.2 Å². The van der Waals surface area contributed by atoms with Gasteiger partial charge < -0.3 is 0 Å². The fourth-order valence-corrected chi connectivity index (χ4v) is 1.66. The highest BCUT2D eigenvalue weighted by molar-refractivity contribution is 8.27. The molecule has 0 spiro atoms. The maximum absolute atomic E-state index is 10.7. The van der Waals surface area contributed by atoms with E-state index >= 15 is 0 Å².